The van der Waals surface area contributed by atoms with Gasteiger partial charge in [0.25, 0.3) is 5.91 Å². The highest BCUT2D eigenvalue weighted by Gasteiger charge is 2.19. The van der Waals surface area contributed by atoms with Crippen LogP contribution in [0, 0.1) is 0 Å². The third-order valence-electron chi connectivity index (χ3n) is 3.55. The highest BCUT2D eigenvalue weighted by molar-refractivity contribution is 5.96. The molecule has 2 amide bonds. The number of likely N-dealkylation sites (N-methyl/N-ethyl adjacent to an activating group) is 2. The minimum absolute atomic E-state index is 0.0516. The van der Waals surface area contributed by atoms with Crippen LogP contribution in [0.1, 0.15) is 31.1 Å². The Morgan fingerprint density at radius 2 is 1.74 bits per heavy atom. The number of hydrogen-bond donors (Lipinski definition) is 0. The van der Waals surface area contributed by atoms with Crippen LogP contribution >= 0.6 is 0 Å². The number of methoxy groups -OCH3 is 1. The molecular weight excluding hydrogens is 296 g/mol. The lowest BCUT2D eigenvalue weighted by molar-refractivity contribution is -0.131. The van der Waals surface area contributed by atoms with Crippen molar-refractivity contribution in [1.29, 1.82) is 0 Å². The largest absolute Gasteiger partial charge is 0.493 e. The lowest BCUT2D eigenvalue weighted by atomic mass is 10.1. The molecule has 0 saturated carbocycles. The predicted molar refractivity (Wildman–Crippen MR) is 89.1 cm³/mol. The molecule has 23 heavy (non-hydrogen) atoms. The van der Waals surface area contributed by atoms with E-state index in [9.17, 15) is 9.59 Å². The van der Waals surface area contributed by atoms with Crippen molar-refractivity contribution in [2.45, 2.75) is 20.8 Å². The van der Waals surface area contributed by atoms with Crippen molar-refractivity contribution in [2.24, 2.45) is 0 Å². The van der Waals surface area contributed by atoms with Gasteiger partial charge in [0.2, 0.25) is 5.91 Å². The molecule has 0 unspecified atom stereocenters. The van der Waals surface area contributed by atoms with Crippen LogP contribution in [0.3, 0.4) is 0 Å². The zero-order chi connectivity index (χ0) is 17.4. The van der Waals surface area contributed by atoms with Gasteiger partial charge in [-0.15, -0.1) is 0 Å². The van der Waals surface area contributed by atoms with Gasteiger partial charge < -0.3 is 19.3 Å². The summed E-state index contributed by atoms with van der Waals surface area (Å²) in [5.74, 6) is 0.796. The quantitative estimate of drug-likeness (QED) is 0.735. The number of ether oxygens (including phenoxy) is 2. The summed E-state index contributed by atoms with van der Waals surface area (Å²) in [6, 6.07) is 5.01. The first kappa shape index (κ1) is 18.8. The highest BCUT2D eigenvalue weighted by atomic mass is 16.5. The zero-order valence-corrected chi connectivity index (χ0v) is 14.6. The van der Waals surface area contributed by atoms with Gasteiger partial charge in [-0.3, -0.25) is 9.59 Å². The molecule has 1 aromatic carbocycles. The molecule has 0 aliphatic carbocycles. The van der Waals surface area contributed by atoms with Crippen LogP contribution in [-0.4, -0.2) is 62.0 Å². The topological polar surface area (TPSA) is 59.1 Å². The Labute approximate surface area is 138 Å². The minimum Gasteiger partial charge on any atom is -0.493 e. The van der Waals surface area contributed by atoms with Crippen molar-refractivity contribution >= 4 is 11.8 Å². The molecule has 0 aliphatic heterocycles. The Bertz CT molecular complexity index is 541. The van der Waals surface area contributed by atoms with E-state index >= 15 is 0 Å². The van der Waals surface area contributed by atoms with E-state index in [0.717, 1.165) is 0 Å². The maximum absolute atomic E-state index is 12.5. The summed E-state index contributed by atoms with van der Waals surface area (Å²) in [5, 5.41) is 0. The Morgan fingerprint density at radius 3 is 2.26 bits per heavy atom. The van der Waals surface area contributed by atoms with Crippen LogP contribution in [0.15, 0.2) is 18.2 Å². The number of carbonyl (C=O) groups excluding carboxylic acids is 2. The van der Waals surface area contributed by atoms with Gasteiger partial charge >= 0.3 is 0 Å². The maximum atomic E-state index is 12.5. The van der Waals surface area contributed by atoms with Crippen LogP contribution < -0.4 is 9.47 Å². The molecule has 6 heteroatoms. The van der Waals surface area contributed by atoms with E-state index in [4.69, 9.17) is 9.47 Å². The number of benzene rings is 1. The second-order valence-electron chi connectivity index (χ2n) is 5.03. The fourth-order valence-electron chi connectivity index (χ4n) is 2.25. The summed E-state index contributed by atoms with van der Waals surface area (Å²) in [6.07, 6.45) is 0. The van der Waals surface area contributed by atoms with Crippen LogP contribution in [0.25, 0.3) is 0 Å². The first-order chi connectivity index (χ1) is 11.0. The molecule has 0 spiro atoms. The van der Waals surface area contributed by atoms with Gasteiger partial charge in [0.15, 0.2) is 11.5 Å². The van der Waals surface area contributed by atoms with Gasteiger partial charge in [-0.2, -0.15) is 0 Å². The number of amides is 2. The Balaban J connectivity index is 2.85. The Hall–Kier alpha value is -2.24. The molecule has 6 nitrogen and oxygen atoms in total. The fourth-order valence-corrected chi connectivity index (χ4v) is 2.25. The average Bonchev–Trinajstić information content (AvgIpc) is 2.55. The van der Waals surface area contributed by atoms with Gasteiger partial charge in [-0.05, 0) is 39.0 Å². The van der Waals surface area contributed by atoms with Crippen LogP contribution in [0.5, 0.6) is 11.5 Å². The smallest absolute Gasteiger partial charge is 0.254 e. The van der Waals surface area contributed by atoms with E-state index < -0.39 is 0 Å². The number of hydrogen-bond acceptors (Lipinski definition) is 4. The SMILES string of the molecule is CCOc1ccc(C(=O)N(C)CC(=O)N(CC)CC)cc1OC. The predicted octanol–water partition coefficient (Wildman–Crippen LogP) is 2.03. The number of rotatable bonds is 8. The molecular formula is C17H26N2O4. The summed E-state index contributed by atoms with van der Waals surface area (Å²) >= 11 is 0. The molecule has 1 rings (SSSR count). The van der Waals surface area contributed by atoms with Gasteiger partial charge in [0, 0.05) is 25.7 Å². The number of nitrogens with zero attached hydrogens (tertiary/aromatic N) is 2. The van der Waals surface area contributed by atoms with E-state index in [1.807, 2.05) is 20.8 Å². The van der Waals surface area contributed by atoms with Crippen LogP contribution in [0.2, 0.25) is 0 Å². The maximum Gasteiger partial charge on any atom is 0.254 e. The van der Waals surface area contributed by atoms with Crippen molar-refractivity contribution < 1.29 is 19.1 Å². The number of carbonyl (C=O) groups is 2. The highest BCUT2D eigenvalue weighted by Crippen LogP contribution is 2.28. The summed E-state index contributed by atoms with van der Waals surface area (Å²) < 4.78 is 10.7. The summed E-state index contributed by atoms with van der Waals surface area (Å²) in [7, 11) is 3.15. The molecule has 0 heterocycles. The monoisotopic (exact) mass is 322 g/mol. The molecule has 0 aliphatic rings. The normalized spacial score (nSPS) is 10.1. The van der Waals surface area contributed by atoms with Crippen LogP contribution in [-0.2, 0) is 4.79 Å². The molecule has 0 saturated heterocycles. The lowest BCUT2D eigenvalue weighted by Gasteiger charge is -2.23. The van der Waals surface area contributed by atoms with E-state index in [1.54, 1.807) is 30.1 Å². The van der Waals surface area contributed by atoms with Crippen molar-refractivity contribution in [3.63, 3.8) is 0 Å². The molecule has 0 bridgehead atoms. The second kappa shape index (κ2) is 9.02. The minimum atomic E-state index is -0.230. The molecule has 0 radical (unpaired) electrons. The van der Waals surface area contributed by atoms with Gasteiger partial charge in [0.1, 0.15) is 0 Å². The molecule has 128 valence electrons. The average molecular weight is 322 g/mol. The molecule has 0 fully saturated rings. The first-order valence-electron chi connectivity index (χ1n) is 7.82. The van der Waals surface area contributed by atoms with E-state index in [1.165, 1.54) is 12.0 Å². The molecule has 0 N–H and O–H groups in total. The van der Waals surface area contributed by atoms with Crippen molar-refractivity contribution in [3.05, 3.63) is 23.8 Å². The summed E-state index contributed by atoms with van der Waals surface area (Å²) in [5.41, 5.74) is 0.458. The lowest BCUT2D eigenvalue weighted by Crippen LogP contribution is -2.41. The first-order valence-corrected chi connectivity index (χ1v) is 7.82. The van der Waals surface area contributed by atoms with Crippen molar-refractivity contribution in [2.75, 3.05) is 40.4 Å². The third-order valence-corrected chi connectivity index (χ3v) is 3.55. The van der Waals surface area contributed by atoms with E-state index in [2.05, 4.69) is 0 Å². The van der Waals surface area contributed by atoms with Crippen molar-refractivity contribution in [1.82, 2.24) is 9.80 Å². The Kier molecular flexibility index (Phi) is 7.38. The second-order valence-corrected chi connectivity index (χ2v) is 5.03. The van der Waals surface area contributed by atoms with Gasteiger partial charge in [-0.25, -0.2) is 0 Å². The van der Waals surface area contributed by atoms with Crippen molar-refractivity contribution in [3.8, 4) is 11.5 Å². The fraction of sp³-hybridized carbons (Fsp3) is 0.529. The van der Waals surface area contributed by atoms with Crippen LogP contribution in [0.4, 0.5) is 0 Å². The zero-order valence-electron chi connectivity index (χ0n) is 14.6. The Morgan fingerprint density at radius 1 is 1.09 bits per heavy atom. The summed E-state index contributed by atoms with van der Waals surface area (Å²) in [4.78, 5) is 27.7. The standard InChI is InChI=1S/C17H26N2O4/c1-6-19(7-2)16(20)12-18(4)17(21)13-9-10-14(23-8-3)15(11-13)22-5/h9-11H,6-8,12H2,1-5H3. The van der Waals surface area contributed by atoms with E-state index in [0.29, 0.717) is 36.8 Å². The van der Waals surface area contributed by atoms with E-state index in [-0.39, 0.29) is 18.4 Å². The van der Waals surface area contributed by atoms with Gasteiger partial charge in [-0.1, -0.05) is 0 Å². The summed E-state index contributed by atoms with van der Waals surface area (Å²) in [6.45, 7) is 7.55. The molecule has 1 aromatic rings. The molecule has 0 aromatic heterocycles. The molecule has 0 atom stereocenters. The third kappa shape index (κ3) is 4.87. The van der Waals surface area contributed by atoms with Gasteiger partial charge in [0.05, 0.1) is 20.3 Å².